The van der Waals surface area contributed by atoms with E-state index in [2.05, 4.69) is 20.8 Å². The van der Waals surface area contributed by atoms with Crippen LogP contribution in [0.25, 0.3) is 0 Å². The summed E-state index contributed by atoms with van der Waals surface area (Å²) < 4.78 is 0. The van der Waals surface area contributed by atoms with Crippen LogP contribution >= 0.6 is 0 Å². The molecule has 2 N–H and O–H groups in total. The van der Waals surface area contributed by atoms with Gasteiger partial charge >= 0.3 is 5.97 Å². The van der Waals surface area contributed by atoms with Gasteiger partial charge in [-0.05, 0) is 117 Å². The van der Waals surface area contributed by atoms with E-state index >= 15 is 0 Å². The molecule has 4 aliphatic rings. The zero-order valence-electron chi connectivity index (χ0n) is 18.3. The average molecular weight is 391 g/mol. The summed E-state index contributed by atoms with van der Waals surface area (Å²) in [6.45, 7) is 7.56. The Hall–Kier alpha value is -0.570. The Morgan fingerprint density at radius 3 is 2.46 bits per heavy atom. The van der Waals surface area contributed by atoms with E-state index in [1.165, 1.54) is 44.9 Å². The number of rotatable bonds is 5. The van der Waals surface area contributed by atoms with Crippen molar-refractivity contribution in [1.82, 2.24) is 0 Å². The first-order valence-electron chi connectivity index (χ1n) is 12.2. The van der Waals surface area contributed by atoms with Crippen molar-refractivity contribution in [3.8, 4) is 0 Å². The maximum Gasteiger partial charge on any atom is 0.303 e. The van der Waals surface area contributed by atoms with Crippen molar-refractivity contribution >= 4 is 5.97 Å². The maximum absolute atomic E-state index is 10.9. The molecule has 0 heterocycles. The molecule has 0 amide bonds. The zero-order valence-corrected chi connectivity index (χ0v) is 18.3. The highest BCUT2D eigenvalue weighted by atomic mass is 16.4. The molecule has 9 atom stereocenters. The van der Waals surface area contributed by atoms with E-state index < -0.39 is 5.97 Å². The number of carboxylic acids is 1. The molecule has 160 valence electrons. The third-order valence-electron chi connectivity index (χ3n) is 10.4. The number of aliphatic hydroxyl groups is 1. The summed E-state index contributed by atoms with van der Waals surface area (Å²) in [6.07, 6.45) is 13.7. The van der Waals surface area contributed by atoms with Crippen molar-refractivity contribution in [2.75, 3.05) is 0 Å². The Balaban J connectivity index is 1.47. The van der Waals surface area contributed by atoms with Crippen molar-refractivity contribution in [2.45, 2.75) is 104 Å². The minimum Gasteiger partial charge on any atom is -0.481 e. The van der Waals surface area contributed by atoms with Crippen LogP contribution < -0.4 is 0 Å². The highest BCUT2D eigenvalue weighted by Gasteiger charge is 2.60. The van der Waals surface area contributed by atoms with Gasteiger partial charge in [0.25, 0.3) is 0 Å². The fourth-order valence-electron chi connectivity index (χ4n) is 8.99. The first-order chi connectivity index (χ1) is 13.3. The Labute approximate surface area is 171 Å². The number of carbonyl (C=O) groups is 1. The van der Waals surface area contributed by atoms with Crippen LogP contribution in [-0.2, 0) is 4.79 Å². The van der Waals surface area contributed by atoms with Gasteiger partial charge in [-0.1, -0.05) is 20.8 Å². The molecule has 0 aromatic carbocycles. The standard InChI is InChI=1S/C25H42O3/c1-16(5-4-6-23(27)28)20-9-10-21-19-8-7-17-15-18(26)11-13-24(17,2)22(19)12-14-25(20,21)3/h16-22,26H,4-15H2,1-3H3,(H,27,28)/t16-,17?,18-,19+,20-,21+,22+,24+,25-/m1/s1. The van der Waals surface area contributed by atoms with Crippen LogP contribution in [0.5, 0.6) is 0 Å². The summed E-state index contributed by atoms with van der Waals surface area (Å²) in [5, 5.41) is 19.2. The monoisotopic (exact) mass is 390 g/mol. The summed E-state index contributed by atoms with van der Waals surface area (Å²) in [7, 11) is 0. The zero-order chi connectivity index (χ0) is 20.1. The van der Waals surface area contributed by atoms with Crippen molar-refractivity contribution < 1.29 is 15.0 Å². The summed E-state index contributed by atoms with van der Waals surface area (Å²) in [5.41, 5.74) is 0.940. The van der Waals surface area contributed by atoms with Gasteiger partial charge < -0.3 is 10.2 Å². The van der Waals surface area contributed by atoms with Crippen molar-refractivity contribution in [3.05, 3.63) is 0 Å². The van der Waals surface area contributed by atoms with Crippen molar-refractivity contribution in [1.29, 1.82) is 0 Å². The first kappa shape index (κ1) is 20.7. The molecule has 4 fully saturated rings. The number of aliphatic carboxylic acids is 1. The minimum absolute atomic E-state index is 0.0500. The van der Waals surface area contributed by atoms with Gasteiger partial charge in [-0.2, -0.15) is 0 Å². The summed E-state index contributed by atoms with van der Waals surface area (Å²) in [4.78, 5) is 10.9. The number of hydrogen-bond acceptors (Lipinski definition) is 2. The van der Waals surface area contributed by atoms with E-state index in [1.54, 1.807) is 0 Å². The van der Waals surface area contributed by atoms with E-state index in [4.69, 9.17) is 5.11 Å². The topological polar surface area (TPSA) is 57.5 Å². The third kappa shape index (κ3) is 3.34. The van der Waals surface area contributed by atoms with Crippen LogP contribution in [0.3, 0.4) is 0 Å². The minimum atomic E-state index is -0.647. The molecule has 0 radical (unpaired) electrons. The molecule has 1 unspecified atom stereocenters. The SMILES string of the molecule is C[C@H](CCCC(=O)O)[C@H]1CC[C@H]2[C@@H]3CCC4C[C@H](O)CC[C@]4(C)[C@H]3CC[C@]12C. The van der Waals surface area contributed by atoms with E-state index in [-0.39, 0.29) is 6.10 Å². The van der Waals surface area contributed by atoms with Crippen LogP contribution in [-0.4, -0.2) is 22.3 Å². The molecule has 0 aromatic heterocycles. The van der Waals surface area contributed by atoms with Crippen LogP contribution in [0.4, 0.5) is 0 Å². The lowest BCUT2D eigenvalue weighted by Crippen LogP contribution is -2.54. The fourth-order valence-corrected chi connectivity index (χ4v) is 8.99. The number of aliphatic hydroxyl groups excluding tert-OH is 1. The van der Waals surface area contributed by atoms with Crippen LogP contribution in [0, 0.1) is 46.3 Å². The molecular weight excluding hydrogens is 348 g/mol. The van der Waals surface area contributed by atoms with Gasteiger partial charge in [0.2, 0.25) is 0 Å². The van der Waals surface area contributed by atoms with E-state index in [0.717, 1.165) is 55.3 Å². The summed E-state index contributed by atoms with van der Waals surface area (Å²) in [5.74, 6) is 4.18. The molecule has 3 nitrogen and oxygen atoms in total. The second-order valence-electron chi connectivity index (χ2n) is 11.6. The first-order valence-corrected chi connectivity index (χ1v) is 12.2. The fraction of sp³-hybridized carbons (Fsp3) is 0.960. The van der Waals surface area contributed by atoms with Gasteiger partial charge in [-0.25, -0.2) is 0 Å². The molecule has 4 saturated carbocycles. The lowest BCUT2D eigenvalue weighted by atomic mass is 9.44. The van der Waals surface area contributed by atoms with E-state index in [9.17, 15) is 9.90 Å². The van der Waals surface area contributed by atoms with E-state index in [1.807, 2.05) is 0 Å². The Kier molecular flexibility index (Phi) is 5.61. The highest BCUT2D eigenvalue weighted by Crippen LogP contribution is 2.68. The molecule has 0 spiro atoms. The van der Waals surface area contributed by atoms with Crippen LogP contribution in [0.2, 0.25) is 0 Å². The Morgan fingerprint density at radius 1 is 1.00 bits per heavy atom. The Morgan fingerprint density at radius 2 is 1.71 bits per heavy atom. The molecule has 0 bridgehead atoms. The lowest BCUT2D eigenvalue weighted by molar-refractivity contribution is -0.137. The molecule has 4 rings (SSSR count). The Bertz CT molecular complexity index is 588. The molecule has 0 aromatic rings. The highest BCUT2D eigenvalue weighted by molar-refractivity contribution is 5.66. The predicted molar refractivity (Wildman–Crippen MR) is 112 cm³/mol. The second-order valence-corrected chi connectivity index (χ2v) is 11.6. The quantitative estimate of drug-likeness (QED) is 0.614. The third-order valence-corrected chi connectivity index (χ3v) is 10.4. The molecular formula is C25H42O3. The average Bonchev–Trinajstić information content (AvgIpc) is 2.99. The van der Waals surface area contributed by atoms with Crippen LogP contribution in [0.1, 0.15) is 97.8 Å². The lowest BCUT2D eigenvalue weighted by Gasteiger charge is -2.61. The molecule has 28 heavy (non-hydrogen) atoms. The van der Waals surface area contributed by atoms with Crippen molar-refractivity contribution in [2.24, 2.45) is 46.3 Å². The predicted octanol–water partition coefficient (Wildman–Crippen LogP) is 5.90. The van der Waals surface area contributed by atoms with Gasteiger partial charge in [-0.15, -0.1) is 0 Å². The van der Waals surface area contributed by atoms with Gasteiger partial charge in [0.15, 0.2) is 0 Å². The molecule has 3 heteroatoms. The van der Waals surface area contributed by atoms with Crippen LogP contribution in [0.15, 0.2) is 0 Å². The van der Waals surface area contributed by atoms with Crippen molar-refractivity contribution in [3.63, 3.8) is 0 Å². The summed E-state index contributed by atoms with van der Waals surface area (Å²) in [6, 6.07) is 0. The maximum atomic E-state index is 10.9. The number of carboxylic acid groups (broad SMARTS) is 1. The molecule has 4 aliphatic carbocycles. The van der Waals surface area contributed by atoms with Gasteiger partial charge in [0.1, 0.15) is 0 Å². The largest absolute Gasteiger partial charge is 0.481 e. The summed E-state index contributed by atoms with van der Waals surface area (Å²) >= 11 is 0. The normalized spacial score (nSPS) is 49.0. The molecule has 0 aliphatic heterocycles. The number of fused-ring (bicyclic) bond motifs is 5. The smallest absolute Gasteiger partial charge is 0.303 e. The van der Waals surface area contributed by atoms with Gasteiger partial charge in [-0.3, -0.25) is 4.79 Å². The van der Waals surface area contributed by atoms with Gasteiger partial charge in [0.05, 0.1) is 6.10 Å². The second kappa shape index (κ2) is 7.60. The van der Waals surface area contributed by atoms with E-state index in [0.29, 0.717) is 23.2 Å². The van der Waals surface area contributed by atoms with Gasteiger partial charge in [0, 0.05) is 6.42 Å². The number of hydrogen-bond donors (Lipinski definition) is 2. The molecule has 0 saturated heterocycles.